The first-order valence-electron chi connectivity index (χ1n) is 6.05. The first kappa shape index (κ1) is 15.4. The lowest BCUT2D eigenvalue weighted by atomic mass is 10.0. The largest absolute Gasteiger partial charge is 0.478 e. The van der Waals surface area contributed by atoms with Crippen LogP contribution < -0.4 is 17.0 Å². The Bertz CT molecular complexity index is 677. The Morgan fingerprint density at radius 1 is 1.57 bits per heavy atom. The molecule has 1 unspecified atom stereocenters. The Labute approximate surface area is 117 Å². The second-order valence-electron chi connectivity index (χ2n) is 4.92. The summed E-state index contributed by atoms with van der Waals surface area (Å²) in [6.07, 6.45) is -3.00. The number of aliphatic hydroxyl groups excluding tert-OH is 1. The third-order valence-electron chi connectivity index (χ3n) is 3.33. The van der Waals surface area contributed by atoms with Crippen molar-refractivity contribution in [1.82, 2.24) is 9.55 Å². The maximum atomic E-state index is 11.7. The third-order valence-corrected chi connectivity index (χ3v) is 3.33. The Morgan fingerprint density at radius 2 is 2.19 bits per heavy atom. The lowest BCUT2D eigenvalue weighted by Gasteiger charge is -2.26. The van der Waals surface area contributed by atoms with Gasteiger partial charge in [0.15, 0.2) is 0 Å². The van der Waals surface area contributed by atoms with Crippen LogP contribution in [0.25, 0.3) is 0 Å². The summed E-state index contributed by atoms with van der Waals surface area (Å²) in [6.45, 7) is 1.47. The number of H-pyrrole nitrogens is 1. The molecular weight excluding hydrogens is 286 g/mol. The van der Waals surface area contributed by atoms with Crippen LogP contribution in [0.2, 0.25) is 0 Å². The topological polar surface area (TPSA) is 168 Å². The van der Waals surface area contributed by atoms with Gasteiger partial charge in [-0.1, -0.05) is 0 Å². The van der Waals surface area contributed by atoms with Gasteiger partial charge in [0.2, 0.25) is 5.72 Å². The molecule has 1 fully saturated rings. The van der Waals surface area contributed by atoms with Gasteiger partial charge in [0.1, 0.15) is 12.3 Å². The molecule has 1 aliphatic rings. The molecule has 1 saturated heterocycles. The molecule has 10 nitrogen and oxygen atoms in total. The Balaban J connectivity index is 2.34. The second-order valence-corrected chi connectivity index (χ2v) is 4.92. The van der Waals surface area contributed by atoms with Crippen LogP contribution in [-0.4, -0.2) is 48.8 Å². The lowest BCUT2D eigenvalue weighted by molar-refractivity contribution is -0.184. The number of rotatable bonds is 3. The van der Waals surface area contributed by atoms with Gasteiger partial charge < -0.3 is 20.1 Å². The van der Waals surface area contributed by atoms with E-state index in [0.717, 1.165) is 4.57 Å². The fraction of sp³-hybridized carbons (Fsp3) is 0.545. The smallest absolute Gasteiger partial charge is 0.353 e. The molecule has 2 rings (SSSR count). The van der Waals surface area contributed by atoms with E-state index in [1.165, 1.54) is 13.1 Å². The SMILES string of the molecule is Cc1cn([C@H]2C[C@H](O)[C@@H](C(N)(O)C(=O)O)O2)c(=O)[nH]c1=O. The summed E-state index contributed by atoms with van der Waals surface area (Å²) < 4.78 is 6.19. The third kappa shape index (κ3) is 2.61. The van der Waals surface area contributed by atoms with Crippen LogP contribution in [0.15, 0.2) is 15.8 Å². The highest BCUT2D eigenvalue weighted by molar-refractivity contribution is 5.77. The van der Waals surface area contributed by atoms with E-state index in [1.807, 2.05) is 0 Å². The van der Waals surface area contributed by atoms with E-state index in [0.29, 0.717) is 0 Å². The molecule has 0 bridgehead atoms. The molecule has 21 heavy (non-hydrogen) atoms. The number of carboxylic acid groups (broad SMARTS) is 1. The van der Waals surface area contributed by atoms with Crippen molar-refractivity contribution in [2.24, 2.45) is 5.73 Å². The number of aliphatic hydroxyl groups is 2. The van der Waals surface area contributed by atoms with Crippen molar-refractivity contribution in [3.63, 3.8) is 0 Å². The summed E-state index contributed by atoms with van der Waals surface area (Å²) in [5.41, 5.74) is 1.31. The molecule has 1 aromatic rings. The van der Waals surface area contributed by atoms with Gasteiger partial charge in [-0.25, -0.2) is 9.59 Å². The van der Waals surface area contributed by atoms with E-state index < -0.39 is 41.4 Å². The average Bonchev–Trinajstić information content (AvgIpc) is 2.76. The van der Waals surface area contributed by atoms with E-state index in [-0.39, 0.29) is 12.0 Å². The number of carboxylic acids is 1. The zero-order chi connectivity index (χ0) is 15.9. The number of nitrogens with two attached hydrogens (primary N) is 1. The Kier molecular flexibility index (Phi) is 3.72. The van der Waals surface area contributed by atoms with Crippen LogP contribution in [0.3, 0.4) is 0 Å². The number of hydrogen-bond donors (Lipinski definition) is 5. The lowest BCUT2D eigenvalue weighted by Crippen LogP contribution is -2.60. The number of aryl methyl sites for hydroxylation is 1. The molecule has 0 radical (unpaired) electrons. The first-order valence-corrected chi connectivity index (χ1v) is 6.05. The highest BCUT2D eigenvalue weighted by atomic mass is 16.6. The zero-order valence-corrected chi connectivity index (χ0v) is 11.0. The number of nitrogens with zero attached hydrogens (tertiary/aromatic N) is 1. The monoisotopic (exact) mass is 301 g/mol. The number of aromatic amines is 1. The minimum absolute atomic E-state index is 0.164. The maximum absolute atomic E-state index is 11.7. The fourth-order valence-electron chi connectivity index (χ4n) is 2.14. The van der Waals surface area contributed by atoms with Gasteiger partial charge in [-0.05, 0) is 6.92 Å². The van der Waals surface area contributed by atoms with E-state index in [4.69, 9.17) is 15.6 Å². The van der Waals surface area contributed by atoms with Crippen molar-refractivity contribution in [2.45, 2.75) is 37.5 Å². The molecule has 1 aliphatic heterocycles. The summed E-state index contributed by atoms with van der Waals surface area (Å²) in [5.74, 6) is -1.77. The van der Waals surface area contributed by atoms with Gasteiger partial charge in [-0.2, -0.15) is 0 Å². The van der Waals surface area contributed by atoms with Crippen LogP contribution >= 0.6 is 0 Å². The number of aromatic nitrogens is 2. The van der Waals surface area contributed by atoms with E-state index >= 15 is 0 Å². The number of carbonyl (C=O) groups is 1. The summed E-state index contributed by atoms with van der Waals surface area (Å²) in [7, 11) is 0. The summed E-state index contributed by atoms with van der Waals surface area (Å²) in [5, 5.41) is 28.3. The van der Waals surface area contributed by atoms with Crippen LogP contribution in [0.5, 0.6) is 0 Å². The van der Waals surface area contributed by atoms with Crippen molar-refractivity contribution in [1.29, 1.82) is 0 Å². The highest BCUT2D eigenvalue weighted by Crippen LogP contribution is 2.31. The number of hydrogen-bond acceptors (Lipinski definition) is 7. The van der Waals surface area contributed by atoms with Crippen molar-refractivity contribution >= 4 is 5.97 Å². The molecule has 6 N–H and O–H groups in total. The number of nitrogens with one attached hydrogen (secondary N) is 1. The van der Waals surface area contributed by atoms with Gasteiger partial charge in [0.05, 0.1) is 6.10 Å². The normalized spacial score (nSPS) is 28.3. The maximum Gasteiger partial charge on any atom is 0.353 e. The summed E-state index contributed by atoms with van der Waals surface area (Å²) in [4.78, 5) is 35.9. The molecule has 4 atom stereocenters. The molecule has 0 amide bonds. The van der Waals surface area contributed by atoms with E-state index in [9.17, 15) is 24.6 Å². The predicted molar refractivity (Wildman–Crippen MR) is 67.4 cm³/mol. The van der Waals surface area contributed by atoms with Crippen molar-refractivity contribution in [3.8, 4) is 0 Å². The van der Waals surface area contributed by atoms with Crippen molar-refractivity contribution in [3.05, 3.63) is 32.6 Å². The van der Waals surface area contributed by atoms with Crippen molar-refractivity contribution in [2.75, 3.05) is 0 Å². The van der Waals surface area contributed by atoms with Crippen LogP contribution in [0, 0.1) is 6.92 Å². The van der Waals surface area contributed by atoms with Crippen LogP contribution in [0.1, 0.15) is 18.2 Å². The number of aliphatic carboxylic acids is 1. The van der Waals surface area contributed by atoms with E-state index in [2.05, 4.69) is 4.98 Å². The quantitative estimate of drug-likeness (QED) is 0.374. The molecular formula is C11H15N3O7. The predicted octanol–water partition coefficient (Wildman–Crippen LogP) is -2.77. The molecule has 0 saturated carbocycles. The van der Waals surface area contributed by atoms with Gasteiger partial charge in [0.25, 0.3) is 5.56 Å². The molecule has 0 aliphatic carbocycles. The molecule has 1 aromatic heterocycles. The molecule has 0 aromatic carbocycles. The Morgan fingerprint density at radius 3 is 2.76 bits per heavy atom. The van der Waals surface area contributed by atoms with Gasteiger partial charge in [0, 0.05) is 18.2 Å². The molecule has 116 valence electrons. The Hall–Kier alpha value is -2.01. The minimum Gasteiger partial charge on any atom is -0.478 e. The average molecular weight is 301 g/mol. The van der Waals surface area contributed by atoms with Gasteiger partial charge in [-0.15, -0.1) is 0 Å². The molecule has 2 heterocycles. The highest BCUT2D eigenvalue weighted by Gasteiger charge is 2.51. The van der Waals surface area contributed by atoms with Gasteiger partial charge >= 0.3 is 11.7 Å². The van der Waals surface area contributed by atoms with Crippen LogP contribution in [-0.2, 0) is 9.53 Å². The summed E-state index contributed by atoms with van der Waals surface area (Å²) >= 11 is 0. The molecule has 0 spiro atoms. The zero-order valence-electron chi connectivity index (χ0n) is 11.0. The van der Waals surface area contributed by atoms with Crippen LogP contribution in [0.4, 0.5) is 0 Å². The number of ether oxygens (including phenoxy) is 1. The van der Waals surface area contributed by atoms with E-state index in [1.54, 1.807) is 0 Å². The second kappa shape index (κ2) is 5.07. The minimum atomic E-state index is -2.80. The fourth-order valence-corrected chi connectivity index (χ4v) is 2.14. The van der Waals surface area contributed by atoms with Crippen molar-refractivity contribution < 1.29 is 24.9 Å². The summed E-state index contributed by atoms with van der Waals surface area (Å²) in [6, 6.07) is 0. The standard InChI is InChI=1S/C11H15N3O7/c1-4-3-14(10(19)13-8(4)16)6-2-5(15)7(21-6)11(12,20)9(17)18/h3,5-7,15,20H,2,12H2,1H3,(H,17,18)(H,13,16,19)/t5-,6+,7-,11?/m0/s1. The van der Waals surface area contributed by atoms with Gasteiger partial charge in [-0.3, -0.25) is 20.1 Å². The molecule has 10 heteroatoms. The first-order chi connectivity index (χ1) is 9.64.